The van der Waals surface area contributed by atoms with Crippen molar-refractivity contribution in [2.45, 2.75) is 31.3 Å². The first kappa shape index (κ1) is 19.5. The molecule has 1 N–H and O–H groups in total. The van der Waals surface area contributed by atoms with Crippen LogP contribution in [-0.2, 0) is 19.9 Å². The molecule has 8 heteroatoms. The molecule has 4 heterocycles. The third kappa shape index (κ3) is 2.24. The van der Waals surface area contributed by atoms with Gasteiger partial charge < -0.3 is 5.32 Å². The van der Waals surface area contributed by atoms with Gasteiger partial charge in [0.05, 0.1) is 28.2 Å². The largest absolute Gasteiger partial charge is 0.323 e. The number of nitrogens with zero attached hydrogens (tertiary/aromatic N) is 2. The predicted molar refractivity (Wildman–Crippen MR) is 120 cm³/mol. The van der Waals surface area contributed by atoms with Crippen molar-refractivity contribution in [1.82, 2.24) is 4.90 Å². The lowest BCUT2D eigenvalue weighted by molar-refractivity contribution is -0.135. The van der Waals surface area contributed by atoms with Crippen molar-refractivity contribution in [3.63, 3.8) is 0 Å². The van der Waals surface area contributed by atoms with Crippen LogP contribution in [0.15, 0.2) is 40.9 Å². The molecule has 6 rings (SSSR count). The van der Waals surface area contributed by atoms with Crippen molar-refractivity contribution in [2.75, 3.05) is 16.8 Å². The number of nitrogens with one attached hydrogen (secondary N) is 1. The topological polar surface area (TPSA) is 69.7 Å². The molecule has 2 aromatic carbocycles. The van der Waals surface area contributed by atoms with E-state index in [0.29, 0.717) is 27.4 Å². The maximum Gasteiger partial charge on any atom is 0.250 e. The van der Waals surface area contributed by atoms with Crippen LogP contribution in [0.1, 0.15) is 24.0 Å². The van der Waals surface area contributed by atoms with Crippen molar-refractivity contribution in [3.8, 4) is 0 Å². The number of carbonyl (C=O) groups excluding carboxylic acids is 3. The van der Waals surface area contributed by atoms with Gasteiger partial charge in [-0.1, -0.05) is 29.8 Å². The summed E-state index contributed by atoms with van der Waals surface area (Å²) in [5.74, 6) is -2.15. The third-order valence-electron chi connectivity index (χ3n) is 7.29. The van der Waals surface area contributed by atoms with Gasteiger partial charge in [-0.15, -0.1) is 0 Å². The minimum Gasteiger partial charge on any atom is -0.323 e. The minimum atomic E-state index is -1.21. The number of imide groups is 1. The Labute approximate surface area is 192 Å². The number of hydrogen-bond acceptors (Lipinski definition) is 4. The van der Waals surface area contributed by atoms with E-state index in [0.717, 1.165) is 24.0 Å². The van der Waals surface area contributed by atoms with E-state index in [4.69, 9.17) is 11.6 Å². The average molecular weight is 501 g/mol. The molecule has 6 nitrogen and oxygen atoms in total. The molecule has 4 aliphatic heterocycles. The van der Waals surface area contributed by atoms with Crippen LogP contribution in [0.2, 0.25) is 5.02 Å². The normalized spacial score (nSPS) is 31.4. The summed E-state index contributed by atoms with van der Waals surface area (Å²) in [5, 5.41) is 3.41. The van der Waals surface area contributed by atoms with Crippen LogP contribution in [0.4, 0.5) is 11.4 Å². The summed E-state index contributed by atoms with van der Waals surface area (Å²) in [6.07, 6.45) is 1.67. The van der Waals surface area contributed by atoms with Crippen molar-refractivity contribution in [3.05, 3.63) is 57.0 Å². The second-order valence-electron chi connectivity index (χ2n) is 8.76. The lowest BCUT2D eigenvalue weighted by Gasteiger charge is -2.36. The van der Waals surface area contributed by atoms with Crippen LogP contribution in [0.3, 0.4) is 0 Å². The Morgan fingerprint density at radius 1 is 1.16 bits per heavy atom. The number of halogens is 2. The van der Waals surface area contributed by atoms with Crippen LogP contribution in [0.5, 0.6) is 0 Å². The van der Waals surface area contributed by atoms with Gasteiger partial charge in [-0.3, -0.25) is 19.3 Å². The Morgan fingerprint density at radius 3 is 2.71 bits per heavy atom. The van der Waals surface area contributed by atoms with Crippen LogP contribution < -0.4 is 10.2 Å². The van der Waals surface area contributed by atoms with Crippen molar-refractivity contribution >= 4 is 56.6 Å². The fourth-order valence-corrected chi connectivity index (χ4v) is 7.05. The zero-order valence-electron chi connectivity index (χ0n) is 16.7. The molecule has 0 radical (unpaired) electrons. The van der Waals surface area contributed by atoms with Gasteiger partial charge in [-0.25, -0.2) is 4.90 Å². The molecule has 158 valence electrons. The van der Waals surface area contributed by atoms with Crippen molar-refractivity contribution < 1.29 is 14.4 Å². The summed E-state index contributed by atoms with van der Waals surface area (Å²) in [6, 6.07) is 10.8. The summed E-state index contributed by atoms with van der Waals surface area (Å²) in [5.41, 5.74) is 1.51. The van der Waals surface area contributed by atoms with Crippen LogP contribution in [0, 0.1) is 18.8 Å². The zero-order valence-corrected chi connectivity index (χ0v) is 19.0. The van der Waals surface area contributed by atoms with Crippen LogP contribution in [0.25, 0.3) is 0 Å². The molecular formula is C23H19BrClN3O3. The van der Waals surface area contributed by atoms with E-state index in [9.17, 15) is 14.4 Å². The van der Waals surface area contributed by atoms with E-state index in [1.165, 1.54) is 4.90 Å². The molecule has 0 unspecified atom stereocenters. The first-order chi connectivity index (χ1) is 14.9. The van der Waals surface area contributed by atoms with E-state index in [2.05, 4.69) is 26.1 Å². The standard InChI is InChI=1S/C23H19BrClN3O3/c1-11-9-12-19(14(25)10-11)26-22(31)23(12)18-17(16-7-4-8-27(16)23)20(29)28(21(18)30)15-6-3-2-5-13(15)24/h2-3,5-6,9-10,16-18H,4,7-8H2,1H3,(H,26,31)/t16-,17-,18+,23-/m1/s1. The molecule has 4 aliphatic rings. The number of rotatable bonds is 1. The Bertz CT molecular complexity index is 1200. The number of para-hydroxylation sites is 1. The fraction of sp³-hybridized carbons (Fsp3) is 0.348. The third-order valence-corrected chi connectivity index (χ3v) is 8.26. The highest BCUT2D eigenvalue weighted by Crippen LogP contribution is 2.61. The molecule has 4 atom stereocenters. The maximum absolute atomic E-state index is 13.9. The second-order valence-corrected chi connectivity index (χ2v) is 10.0. The molecule has 3 saturated heterocycles. The molecule has 3 amide bonds. The molecule has 0 saturated carbocycles. The number of fused-ring (bicyclic) bond motifs is 7. The van der Waals surface area contributed by atoms with Gasteiger partial charge in [0, 0.05) is 16.1 Å². The van der Waals surface area contributed by atoms with Gasteiger partial charge in [-0.05, 0) is 66.0 Å². The van der Waals surface area contributed by atoms with E-state index in [-0.39, 0.29) is 23.8 Å². The number of anilines is 2. The summed E-state index contributed by atoms with van der Waals surface area (Å²) in [7, 11) is 0. The van der Waals surface area contributed by atoms with Gasteiger partial charge in [0.1, 0.15) is 5.54 Å². The van der Waals surface area contributed by atoms with Gasteiger partial charge >= 0.3 is 0 Å². The van der Waals surface area contributed by atoms with Crippen molar-refractivity contribution in [1.29, 1.82) is 0 Å². The van der Waals surface area contributed by atoms with E-state index in [1.807, 2.05) is 31.2 Å². The average Bonchev–Trinajstić information content (AvgIpc) is 3.42. The Hall–Kier alpha value is -2.22. The Kier molecular flexibility index (Phi) is 4.02. The quantitative estimate of drug-likeness (QED) is 0.604. The van der Waals surface area contributed by atoms with E-state index < -0.39 is 17.4 Å². The van der Waals surface area contributed by atoms with Gasteiger partial charge in [0.2, 0.25) is 11.8 Å². The molecule has 31 heavy (non-hydrogen) atoms. The SMILES string of the molecule is Cc1cc(Cl)c2c(c1)[C@]1(C(=O)N2)[C@@H]2C(=O)N(c3ccccc3Br)C(=O)[C@@H]2[C@H]2CCCN21. The van der Waals surface area contributed by atoms with E-state index in [1.54, 1.807) is 12.1 Å². The van der Waals surface area contributed by atoms with Crippen molar-refractivity contribution in [2.24, 2.45) is 11.8 Å². The fourth-order valence-electron chi connectivity index (χ4n) is 6.27. The molecule has 1 spiro atoms. The highest BCUT2D eigenvalue weighted by atomic mass is 79.9. The number of benzene rings is 2. The van der Waals surface area contributed by atoms with Gasteiger partial charge in [0.15, 0.2) is 0 Å². The Morgan fingerprint density at radius 2 is 1.94 bits per heavy atom. The summed E-state index contributed by atoms with van der Waals surface area (Å²) in [6.45, 7) is 2.59. The second kappa shape index (κ2) is 6.40. The number of carbonyl (C=O) groups is 3. The monoisotopic (exact) mass is 499 g/mol. The molecule has 0 aliphatic carbocycles. The number of amides is 3. The van der Waals surface area contributed by atoms with Crippen LogP contribution in [-0.4, -0.2) is 35.2 Å². The van der Waals surface area contributed by atoms with E-state index >= 15 is 0 Å². The lowest BCUT2D eigenvalue weighted by atomic mass is 9.75. The molecule has 2 aromatic rings. The van der Waals surface area contributed by atoms with Gasteiger partial charge in [0.25, 0.3) is 5.91 Å². The number of hydrogen-bond donors (Lipinski definition) is 1. The smallest absolute Gasteiger partial charge is 0.250 e. The molecule has 3 fully saturated rings. The predicted octanol–water partition coefficient (Wildman–Crippen LogP) is 3.84. The first-order valence-electron chi connectivity index (χ1n) is 10.4. The lowest BCUT2D eigenvalue weighted by Crippen LogP contribution is -2.54. The minimum absolute atomic E-state index is 0.148. The highest BCUT2D eigenvalue weighted by Gasteiger charge is 2.74. The molecule has 0 bridgehead atoms. The molecule has 0 aromatic heterocycles. The first-order valence-corrected chi connectivity index (χ1v) is 11.6. The maximum atomic E-state index is 13.9. The summed E-state index contributed by atoms with van der Waals surface area (Å²) < 4.78 is 0.671. The summed E-state index contributed by atoms with van der Waals surface area (Å²) >= 11 is 9.97. The summed E-state index contributed by atoms with van der Waals surface area (Å²) in [4.78, 5) is 44.6. The number of aryl methyl sites for hydroxylation is 1. The van der Waals surface area contributed by atoms with Gasteiger partial charge in [-0.2, -0.15) is 0 Å². The molecular weight excluding hydrogens is 482 g/mol. The zero-order chi connectivity index (χ0) is 21.7. The van der Waals surface area contributed by atoms with Crippen LogP contribution >= 0.6 is 27.5 Å². The Balaban J connectivity index is 1.60. The highest BCUT2D eigenvalue weighted by molar-refractivity contribution is 9.10.